The summed E-state index contributed by atoms with van der Waals surface area (Å²) in [5.74, 6) is -3.00. The van der Waals surface area contributed by atoms with Crippen molar-refractivity contribution in [2.75, 3.05) is 11.9 Å². The number of esters is 1. The SMILES string of the molecule is O=C(CCNC(=O)c1ccc(F)cc1F)OCc1csc(Nc2ccccc2)n1. The van der Waals surface area contributed by atoms with Crippen molar-refractivity contribution in [1.82, 2.24) is 10.3 Å². The number of halogens is 2. The van der Waals surface area contributed by atoms with E-state index in [0.29, 0.717) is 16.9 Å². The van der Waals surface area contributed by atoms with Crippen LogP contribution < -0.4 is 10.6 Å². The summed E-state index contributed by atoms with van der Waals surface area (Å²) in [7, 11) is 0. The monoisotopic (exact) mass is 417 g/mol. The molecule has 150 valence electrons. The average molecular weight is 417 g/mol. The van der Waals surface area contributed by atoms with Crippen LogP contribution in [-0.4, -0.2) is 23.4 Å². The van der Waals surface area contributed by atoms with Gasteiger partial charge in [-0.2, -0.15) is 0 Å². The number of para-hydroxylation sites is 1. The molecule has 0 saturated heterocycles. The summed E-state index contributed by atoms with van der Waals surface area (Å²) in [4.78, 5) is 28.0. The van der Waals surface area contributed by atoms with E-state index in [1.807, 2.05) is 30.3 Å². The molecule has 0 fully saturated rings. The van der Waals surface area contributed by atoms with Crippen LogP contribution >= 0.6 is 11.3 Å². The third kappa shape index (κ3) is 6.08. The minimum absolute atomic E-state index is 0.00629. The molecule has 0 radical (unpaired) electrons. The minimum Gasteiger partial charge on any atom is -0.459 e. The van der Waals surface area contributed by atoms with Gasteiger partial charge in [0.15, 0.2) is 5.13 Å². The zero-order valence-electron chi connectivity index (χ0n) is 15.2. The first kappa shape index (κ1) is 20.4. The highest BCUT2D eigenvalue weighted by atomic mass is 32.1. The first-order chi connectivity index (χ1) is 14.0. The van der Waals surface area contributed by atoms with E-state index >= 15 is 0 Å². The Kier molecular flexibility index (Phi) is 6.85. The number of nitrogens with zero attached hydrogens (tertiary/aromatic N) is 1. The second kappa shape index (κ2) is 9.74. The molecular weight excluding hydrogens is 400 g/mol. The third-order valence-corrected chi connectivity index (χ3v) is 4.55. The lowest BCUT2D eigenvalue weighted by Gasteiger charge is -2.06. The highest BCUT2D eigenvalue weighted by Gasteiger charge is 2.13. The minimum atomic E-state index is -0.964. The van der Waals surface area contributed by atoms with Gasteiger partial charge in [0, 0.05) is 23.7 Å². The van der Waals surface area contributed by atoms with E-state index in [-0.39, 0.29) is 25.1 Å². The number of anilines is 2. The molecule has 0 unspecified atom stereocenters. The molecule has 0 aliphatic carbocycles. The van der Waals surface area contributed by atoms with Crippen molar-refractivity contribution in [3.8, 4) is 0 Å². The summed E-state index contributed by atoms with van der Waals surface area (Å²) in [6.45, 7) is -0.0291. The summed E-state index contributed by atoms with van der Waals surface area (Å²) in [6, 6.07) is 12.2. The van der Waals surface area contributed by atoms with Crippen LogP contribution in [0, 0.1) is 11.6 Å². The number of hydrogen-bond acceptors (Lipinski definition) is 6. The van der Waals surface area contributed by atoms with Crippen molar-refractivity contribution < 1.29 is 23.1 Å². The van der Waals surface area contributed by atoms with Crippen LogP contribution in [0.5, 0.6) is 0 Å². The number of amides is 1. The van der Waals surface area contributed by atoms with Crippen LogP contribution in [0.3, 0.4) is 0 Å². The number of thiazole rings is 1. The number of rotatable bonds is 8. The molecule has 0 bridgehead atoms. The van der Waals surface area contributed by atoms with Crippen LogP contribution in [0.15, 0.2) is 53.9 Å². The van der Waals surface area contributed by atoms with Gasteiger partial charge in [-0.05, 0) is 24.3 Å². The normalized spacial score (nSPS) is 10.4. The maximum atomic E-state index is 13.5. The molecule has 29 heavy (non-hydrogen) atoms. The van der Waals surface area contributed by atoms with E-state index in [1.165, 1.54) is 11.3 Å². The molecule has 1 amide bonds. The van der Waals surface area contributed by atoms with Gasteiger partial charge in [-0.25, -0.2) is 13.8 Å². The van der Waals surface area contributed by atoms with E-state index < -0.39 is 23.5 Å². The van der Waals surface area contributed by atoms with Crippen LogP contribution in [0.4, 0.5) is 19.6 Å². The zero-order chi connectivity index (χ0) is 20.6. The molecular formula is C20H17F2N3O3S. The molecule has 1 heterocycles. The van der Waals surface area contributed by atoms with Crippen LogP contribution in [0.1, 0.15) is 22.5 Å². The van der Waals surface area contributed by atoms with Crippen molar-refractivity contribution >= 4 is 34.0 Å². The molecule has 0 atom stereocenters. The first-order valence-electron chi connectivity index (χ1n) is 8.66. The van der Waals surface area contributed by atoms with E-state index in [1.54, 1.807) is 5.38 Å². The van der Waals surface area contributed by atoms with Crippen molar-refractivity contribution in [2.45, 2.75) is 13.0 Å². The van der Waals surface area contributed by atoms with Crippen molar-refractivity contribution in [2.24, 2.45) is 0 Å². The lowest BCUT2D eigenvalue weighted by atomic mass is 10.2. The Morgan fingerprint density at radius 1 is 1.10 bits per heavy atom. The predicted molar refractivity (Wildman–Crippen MR) is 105 cm³/mol. The maximum Gasteiger partial charge on any atom is 0.307 e. The summed E-state index contributed by atoms with van der Waals surface area (Å²) in [6.07, 6.45) is -0.0895. The van der Waals surface area contributed by atoms with Gasteiger partial charge in [-0.15, -0.1) is 11.3 Å². The highest BCUT2D eigenvalue weighted by molar-refractivity contribution is 7.13. The number of aromatic nitrogens is 1. The highest BCUT2D eigenvalue weighted by Crippen LogP contribution is 2.21. The molecule has 0 spiro atoms. The smallest absolute Gasteiger partial charge is 0.307 e. The number of hydrogen-bond donors (Lipinski definition) is 2. The van der Waals surface area contributed by atoms with Gasteiger partial charge in [-0.3, -0.25) is 9.59 Å². The summed E-state index contributed by atoms with van der Waals surface area (Å²) in [5.41, 5.74) is 1.21. The van der Waals surface area contributed by atoms with Crippen molar-refractivity contribution in [1.29, 1.82) is 0 Å². The van der Waals surface area contributed by atoms with Gasteiger partial charge in [0.25, 0.3) is 5.91 Å². The van der Waals surface area contributed by atoms with Crippen LogP contribution in [0.2, 0.25) is 0 Å². The topological polar surface area (TPSA) is 80.3 Å². The summed E-state index contributed by atoms with van der Waals surface area (Å²) < 4.78 is 31.5. The lowest BCUT2D eigenvalue weighted by Crippen LogP contribution is -2.27. The number of benzene rings is 2. The number of ether oxygens (including phenoxy) is 1. The first-order valence-corrected chi connectivity index (χ1v) is 9.54. The van der Waals surface area contributed by atoms with Crippen molar-refractivity contribution in [3.63, 3.8) is 0 Å². The Balaban J connectivity index is 1.39. The van der Waals surface area contributed by atoms with E-state index in [0.717, 1.165) is 17.8 Å². The lowest BCUT2D eigenvalue weighted by molar-refractivity contribution is -0.144. The second-order valence-electron chi connectivity index (χ2n) is 5.93. The predicted octanol–water partition coefficient (Wildman–Crippen LogP) is 4.03. The van der Waals surface area contributed by atoms with Crippen molar-refractivity contribution in [3.05, 3.63) is 76.8 Å². The molecule has 6 nitrogen and oxygen atoms in total. The van der Waals surface area contributed by atoms with Crippen LogP contribution in [-0.2, 0) is 16.1 Å². The fourth-order valence-corrected chi connectivity index (χ4v) is 3.06. The zero-order valence-corrected chi connectivity index (χ0v) is 16.0. The molecule has 2 aromatic carbocycles. The second-order valence-corrected chi connectivity index (χ2v) is 6.78. The largest absolute Gasteiger partial charge is 0.459 e. The van der Waals surface area contributed by atoms with Gasteiger partial charge >= 0.3 is 5.97 Å². The average Bonchev–Trinajstić information content (AvgIpc) is 3.14. The fourth-order valence-electron chi connectivity index (χ4n) is 2.35. The molecule has 3 rings (SSSR count). The molecule has 3 aromatic rings. The number of carbonyl (C=O) groups is 2. The van der Waals surface area contributed by atoms with Gasteiger partial charge in [0.05, 0.1) is 17.7 Å². The standard InChI is InChI=1S/C20H17F2N3O3S/c21-13-6-7-16(17(22)10-13)19(27)23-9-8-18(26)28-11-15-12-29-20(25-15)24-14-4-2-1-3-5-14/h1-7,10,12H,8-9,11H2,(H,23,27)(H,24,25). The number of nitrogens with one attached hydrogen (secondary N) is 2. The molecule has 2 N–H and O–H groups in total. The Labute approximate surface area is 169 Å². The van der Waals surface area contributed by atoms with E-state index in [4.69, 9.17) is 4.74 Å². The molecule has 0 aliphatic rings. The third-order valence-electron chi connectivity index (χ3n) is 3.75. The van der Waals surface area contributed by atoms with Gasteiger partial charge in [-0.1, -0.05) is 18.2 Å². The Morgan fingerprint density at radius 2 is 1.90 bits per heavy atom. The summed E-state index contributed by atoms with van der Waals surface area (Å²) in [5, 5.41) is 7.99. The fraction of sp³-hybridized carbons (Fsp3) is 0.150. The quantitative estimate of drug-likeness (QED) is 0.541. The molecule has 0 saturated carbocycles. The van der Waals surface area contributed by atoms with Crippen LogP contribution in [0.25, 0.3) is 0 Å². The summed E-state index contributed by atoms with van der Waals surface area (Å²) >= 11 is 1.39. The van der Waals surface area contributed by atoms with Gasteiger partial charge in [0.2, 0.25) is 0 Å². The Hall–Kier alpha value is -3.33. The Bertz CT molecular complexity index is 996. The molecule has 0 aliphatic heterocycles. The van der Waals surface area contributed by atoms with Gasteiger partial charge < -0.3 is 15.4 Å². The molecule has 1 aromatic heterocycles. The van der Waals surface area contributed by atoms with Gasteiger partial charge in [0.1, 0.15) is 18.2 Å². The number of carbonyl (C=O) groups excluding carboxylic acids is 2. The Morgan fingerprint density at radius 3 is 2.66 bits per heavy atom. The molecule has 9 heteroatoms. The van der Waals surface area contributed by atoms with E-state index in [9.17, 15) is 18.4 Å². The maximum absolute atomic E-state index is 13.5. The van der Waals surface area contributed by atoms with E-state index in [2.05, 4.69) is 15.6 Å².